The molecular weight excluding hydrogens is 192 g/mol. The summed E-state index contributed by atoms with van der Waals surface area (Å²) in [5, 5.41) is 0. The molecule has 2 atom stereocenters. The monoisotopic (exact) mass is 222 g/mol. The molecule has 2 saturated carbocycles. The van der Waals surface area contributed by atoms with E-state index in [-0.39, 0.29) is 0 Å². The summed E-state index contributed by atoms with van der Waals surface area (Å²) in [5.74, 6) is 2.84. The zero-order chi connectivity index (χ0) is 12.0. The van der Waals surface area contributed by atoms with Crippen molar-refractivity contribution in [2.75, 3.05) is 0 Å². The van der Waals surface area contributed by atoms with Gasteiger partial charge in [-0.15, -0.1) is 0 Å². The summed E-state index contributed by atoms with van der Waals surface area (Å²) >= 11 is 0. The molecule has 0 saturated heterocycles. The Morgan fingerprint density at radius 3 is 1.62 bits per heavy atom. The van der Waals surface area contributed by atoms with E-state index in [2.05, 4.69) is 34.6 Å². The van der Waals surface area contributed by atoms with Crippen LogP contribution in [0.15, 0.2) is 0 Å². The fourth-order valence-electron chi connectivity index (χ4n) is 4.25. The molecular formula is C16H30. The normalized spacial score (nSPS) is 42.2. The topological polar surface area (TPSA) is 0 Å². The highest BCUT2D eigenvalue weighted by molar-refractivity contribution is 4.95. The lowest BCUT2D eigenvalue weighted by atomic mass is 9.54. The van der Waals surface area contributed by atoms with E-state index in [1.54, 1.807) is 0 Å². The van der Waals surface area contributed by atoms with Crippen molar-refractivity contribution in [3.8, 4) is 0 Å². The minimum absolute atomic E-state index is 0.626. The lowest BCUT2D eigenvalue weighted by Gasteiger charge is -2.51. The van der Waals surface area contributed by atoms with Gasteiger partial charge in [-0.3, -0.25) is 0 Å². The number of hydrogen-bond donors (Lipinski definition) is 0. The van der Waals surface area contributed by atoms with Gasteiger partial charge >= 0.3 is 0 Å². The average Bonchev–Trinajstić information content (AvgIpc) is 2.20. The first-order chi connectivity index (χ1) is 7.34. The van der Waals surface area contributed by atoms with Gasteiger partial charge in [0, 0.05) is 0 Å². The molecule has 2 fully saturated rings. The van der Waals surface area contributed by atoms with Crippen molar-refractivity contribution in [3.05, 3.63) is 0 Å². The maximum Gasteiger partial charge on any atom is -0.0292 e. The Kier molecular flexibility index (Phi) is 3.14. The van der Waals surface area contributed by atoms with Crippen LogP contribution in [0.25, 0.3) is 0 Å². The van der Waals surface area contributed by atoms with Crippen molar-refractivity contribution in [1.29, 1.82) is 0 Å². The quantitative estimate of drug-likeness (QED) is 0.523. The molecule has 0 amide bonds. The summed E-state index contributed by atoms with van der Waals surface area (Å²) in [4.78, 5) is 0. The van der Waals surface area contributed by atoms with Crippen LogP contribution in [-0.2, 0) is 0 Å². The first-order valence-corrected chi connectivity index (χ1v) is 7.34. The van der Waals surface area contributed by atoms with E-state index in [1.165, 1.54) is 38.5 Å². The van der Waals surface area contributed by atoms with Crippen LogP contribution >= 0.6 is 0 Å². The molecule has 0 radical (unpaired) electrons. The van der Waals surface area contributed by atoms with E-state index in [0.717, 1.165) is 23.2 Å². The largest absolute Gasteiger partial charge is 0.0622 e. The minimum Gasteiger partial charge on any atom is -0.0622 e. The van der Waals surface area contributed by atoms with Crippen LogP contribution in [0.4, 0.5) is 0 Å². The molecule has 2 aliphatic carbocycles. The van der Waals surface area contributed by atoms with E-state index in [4.69, 9.17) is 0 Å². The molecule has 0 N–H and O–H groups in total. The van der Waals surface area contributed by atoms with Crippen LogP contribution in [0, 0.1) is 28.6 Å². The van der Waals surface area contributed by atoms with Gasteiger partial charge < -0.3 is 0 Å². The number of rotatable bonds is 0. The first kappa shape index (κ1) is 12.5. The van der Waals surface area contributed by atoms with Gasteiger partial charge in [0.1, 0.15) is 0 Å². The first-order valence-electron chi connectivity index (χ1n) is 7.34. The SMILES string of the molecule is CC1CC2(CCC(C)(C)CC2)CC(C)C1C. The van der Waals surface area contributed by atoms with Gasteiger partial charge in [-0.2, -0.15) is 0 Å². The maximum absolute atomic E-state index is 2.49. The van der Waals surface area contributed by atoms with Crippen molar-refractivity contribution in [3.63, 3.8) is 0 Å². The number of hydrogen-bond acceptors (Lipinski definition) is 0. The van der Waals surface area contributed by atoms with Gasteiger partial charge in [0.15, 0.2) is 0 Å². The third kappa shape index (κ3) is 2.31. The van der Waals surface area contributed by atoms with Gasteiger partial charge in [0.2, 0.25) is 0 Å². The van der Waals surface area contributed by atoms with E-state index >= 15 is 0 Å². The zero-order valence-electron chi connectivity index (χ0n) is 12.0. The predicted molar refractivity (Wildman–Crippen MR) is 71.4 cm³/mol. The van der Waals surface area contributed by atoms with Crippen molar-refractivity contribution in [2.24, 2.45) is 28.6 Å². The van der Waals surface area contributed by atoms with Crippen LogP contribution in [0.2, 0.25) is 0 Å². The van der Waals surface area contributed by atoms with Crippen molar-refractivity contribution in [2.45, 2.75) is 73.1 Å². The van der Waals surface area contributed by atoms with Crippen LogP contribution in [0.1, 0.15) is 73.1 Å². The lowest BCUT2D eigenvalue weighted by Crippen LogP contribution is -2.40. The Morgan fingerprint density at radius 1 is 0.750 bits per heavy atom. The Morgan fingerprint density at radius 2 is 1.19 bits per heavy atom. The molecule has 94 valence electrons. The molecule has 0 aromatic carbocycles. The summed E-state index contributed by atoms with van der Waals surface area (Å²) < 4.78 is 0. The van der Waals surface area contributed by atoms with Crippen molar-refractivity contribution >= 4 is 0 Å². The second kappa shape index (κ2) is 4.03. The summed E-state index contributed by atoms with van der Waals surface area (Å²) in [7, 11) is 0. The highest BCUT2D eigenvalue weighted by atomic mass is 14.5. The third-order valence-electron chi connectivity index (χ3n) is 5.97. The van der Waals surface area contributed by atoms with E-state index in [9.17, 15) is 0 Å². The molecule has 0 aliphatic heterocycles. The molecule has 2 aliphatic rings. The third-order valence-corrected chi connectivity index (χ3v) is 5.97. The molecule has 16 heavy (non-hydrogen) atoms. The van der Waals surface area contributed by atoms with Gasteiger partial charge in [-0.25, -0.2) is 0 Å². The minimum atomic E-state index is 0.626. The van der Waals surface area contributed by atoms with Crippen LogP contribution in [-0.4, -0.2) is 0 Å². The molecule has 1 spiro atoms. The Balaban J connectivity index is 2.05. The van der Waals surface area contributed by atoms with Gasteiger partial charge in [0.05, 0.1) is 0 Å². The van der Waals surface area contributed by atoms with Crippen molar-refractivity contribution in [1.82, 2.24) is 0 Å². The van der Waals surface area contributed by atoms with Crippen LogP contribution in [0.3, 0.4) is 0 Å². The molecule has 0 aromatic rings. The van der Waals surface area contributed by atoms with Gasteiger partial charge in [0.25, 0.3) is 0 Å². The molecule has 2 rings (SSSR count). The molecule has 0 heteroatoms. The van der Waals surface area contributed by atoms with Crippen molar-refractivity contribution < 1.29 is 0 Å². The fraction of sp³-hybridized carbons (Fsp3) is 1.00. The molecule has 0 nitrogen and oxygen atoms in total. The summed E-state index contributed by atoms with van der Waals surface area (Å²) in [6.07, 6.45) is 8.94. The molecule has 0 bridgehead atoms. The predicted octanol–water partition coefficient (Wildman–Crippen LogP) is 5.28. The lowest BCUT2D eigenvalue weighted by molar-refractivity contribution is -0.00263. The Labute approximate surface area is 102 Å². The highest BCUT2D eigenvalue weighted by Gasteiger charge is 2.44. The summed E-state index contributed by atoms with van der Waals surface area (Å²) in [6.45, 7) is 12.4. The Hall–Kier alpha value is 0. The highest BCUT2D eigenvalue weighted by Crippen LogP contribution is 2.55. The second-order valence-corrected chi connectivity index (χ2v) is 7.89. The zero-order valence-corrected chi connectivity index (χ0v) is 12.0. The van der Waals surface area contributed by atoms with Crippen LogP contribution < -0.4 is 0 Å². The second-order valence-electron chi connectivity index (χ2n) is 7.89. The summed E-state index contributed by atoms with van der Waals surface area (Å²) in [6, 6.07) is 0. The van der Waals surface area contributed by atoms with Gasteiger partial charge in [-0.1, -0.05) is 34.6 Å². The van der Waals surface area contributed by atoms with E-state index < -0.39 is 0 Å². The maximum atomic E-state index is 2.49. The molecule has 2 unspecified atom stereocenters. The fourth-order valence-corrected chi connectivity index (χ4v) is 4.25. The summed E-state index contributed by atoms with van der Waals surface area (Å²) in [5.41, 5.74) is 1.36. The van der Waals surface area contributed by atoms with E-state index in [1.807, 2.05) is 0 Å². The molecule has 0 heterocycles. The smallest absolute Gasteiger partial charge is 0.0292 e. The van der Waals surface area contributed by atoms with Crippen LogP contribution in [0.5, 0.6) is 0 Å². The van der Waals surface area contributed by atoms with Gasteiger partial charge in [-0.05, 0) is 67.1 Å². The molecule has 0 aromatic heterocycles. The average molecular weight is 222 g/mol. The standard InChI is InChI=1S/C16H30/c1-12-10-16(11-13(2)14(12)3)8-6-15(4,5)7-9-16/h12-14H,6-11H2,1-5H3. The van der Waals surface area contributed by atoms with E-state index in [0.29, 0.717) is 5.41 Å². The Bertz CT molecular complexity index is 227.